The molecule has 0 saturated carbocycles. The molecule has 1 amide bonds. The van der Waals surface area contributed by atoms with E-state index in [4.69, 9.17) is 5.73 Å². The number of hydrogen-bond donors (Lipinski definition) is 2. The van der Waals surface area contributed by atoms with Crippen molar-refractivity contribution in [1.29, 1.82) is 0 Å². The van der Waals surface area contributed by atoms with Gasteiger partial charge in [-0.3, -0.25) is 9.69 Å². The Hall–Kier alpha value is -1.39. The molecule has 1 aliphatic heterocycles. The molecule has 1 aromatic carbocycles. The third-order valence-corrected chi connectivity index (χ3v) is 3.95. The highest BCUT2D eigenvalue weighted by Crippen LogP contribution is 2.26. The molecule has 1 aromatic rings. The number of carbonyl (C=O) groups is 1. The number of nitrogens with two attached hydrogens (primary N) is 1. The number of nitrogens with zero attached hydrogens (tertiary/aromatic N) is 1. The summed E-state index contributed by atoms with van der Waals surface area (Å²) in [5.41, 5.74) is 9.09. The van der Waals surface area contributed by atoms with Gasteiger partial charge in [-0.05, 0) is 43.5 Å². The number of benzene rings is 1. The van der Waals surface area contributed by atoms with E-state index >= 15 is 0 Å². The van der Waals surface area contributed by atoms with Crippen molar-refractivity contribution in [2.45, 2.75) is 26.3 Å². The monoisotopic (exact) mass is 261 g/mol. The fourth-order valence-electron chi connectivity index (χ4n) is 2.72. The maximum absolute atomic E-state index is 11.9. The van der Waals surface area contributed by atoms with Gasteiger partial charge in [0.1, 0.15) is 6.04 Å². The highest BCUT2D eigenvalue weighted by Gasteiger charge is 2.27. The van der Waals surface area contributed by atoms with Gasteiger partial charge < -0.3 is 11.1 Å². The van der Waals surface area contributed by atoms with E-state index in [2.05, 4.69) is 30.1 Å². The second-order valence-corrected chi connectivity index (χ2v) is 5.23. The number of aryl methyl sites for hydroxylation is 1. The zero-order chi connectivity index (χ0) is 13.8. The largest absolute Gasteiger partial charge is 0.368 e. The number of hydrogen-bond acceptors (Lipinski definition) is 3. The molecule has 1 heterocycles. The molecule has 104 valence electrons. The molecule has 0 bridgehead atoms. The van der Waals surface area contributed by atoms with Crippen LogP contribution in [0.2, 0.25) is 0 Å². The van der Waals surface area contributed by atoms with Gasteiger partial charge in [0.05, 0.1) is 0 Å². The first kappa shape index (κ1) is 14.0. The summed E-state index contributed by atoms with van der Waals surface area (Å²) in [6.07, 6.45) is 1.05. The van der Waals surface area contributed by atoms with Gasteiger partial charge in [0, 0.05) is 19.6 Å². The van der Waals surface area contributed by atoms with Crippen LogP contribution < -0.4 is 11.1 Å². The van der Waals surface area contributed by atoms with Crippen molar-refractivity contribution in [3.05, 3.63) is 34.9 Å². The molecular formula is C15H23N3O. The van der Waals surface area contributed by atoms with E-state index in [-0.39, 0.29) is 11.9 Å². The Morgan fingerprint density at radius 2 is 2.11 bits per heavy atom. The minimum absolute atomic E-state index is 0.254. The topological polar surface area (TPSA) is 58.4 Å². The quantitative estimate of drug-likeness (QED) is 0.857. The lowest BCUT2D eigenvalue weighted by atomic mass is 9.96. The second-order valence-electron chi connectivity index (χ2n) is 5.23. The molecule has 2 rings (SSSR count). The van der Waals surface area contributed by atoms with Gasteiger partial charge in [-0.1, -0.05) is 18.2 Å². The lowest BCUT2D eigenvalue weighted by Crippen LogP contribution is -2.40. The third-order valence-electron chi connectivity index (χ3n) is 3.95. The Morgan fingerprint density at radius 1 is 1.32 bits per heavy atom. The lowest BCUT2D eigenvalue weighted by molar-refractivity contribution is -0.123. The van der Waals surface area contributed by atoms with Gasteiger partial charge in [0.25, 0.3) is 0 Å². The fourth-order valence-corrected chi connectivity index (χ4v) is 2.72. The number of nitrogens with one attached hydrogen (secondary N) is 1. The molecule has 1 aliphatic rings. The van der Waals surface area contributed by atoms with Crippen LogP contribution in [0, 0.1) is 13.8 Å². The second kappa shape index (κ2) is 6.17. The summed E-state index contributed by atoms with van der Waals surface area (Å²) in [6.45, 7) is 7.83. The first-order valence-corrected chi connectivity index (χ1v) is 6.91. The van der Waals surface area contributed by atoms with E-state index in [0.717, 1.165) is 38.2 Å². The van der Waals surface area contributed by atoms with Crippen molar-refractivity contribution in [2.24, 2.45) is 5.73 Å². The van der Waals surface area contributed by atoms with Crippen LogP contribution in [0.15, 0.2) is 18.2 Å². The summed E-state index contributed by atoms with van der Waals surface area (Å²) in [4.78, 5) is 14.1. The van der Waals surface area contributed by atoms with Crippen molar-refractivity contribution < 1.29 is 4.79 Å². The predicted octanol–water partition coefficient (Wildman–Crippen LogP) is 1.13. The molecule has 1 saturated heterocycles. The zero-order valence-corrected chi connectivity index (χ0v) is 11.8. The molecule has 1 unspecified atom stereocenters. The van der Waals surface area contributed by atoms with Crippen LogP contribution in [0.3, 0.4) is 0 Å². The summed E-state index contributed by atoms with van der Waals surface area (Å²) in [6, 6.07) is 5.79. The Labute approximate surface area is 115 Å². The molecule has 0 spiro atoms. The van der Waals surface area contributed by atoms with Gasteiger partial charge in [0.2, 0.25) is 5.91 Å². The third kappa shape index (κ3) is 3.14. The maximum Gasteiger partial charge on any atom is 0.239 e. The van der Waals surface area contributed by atoms with Gasteiger partial charge in [-0.15, -0.1) is 0 Å². The Morgan fingerprint density at radius 3 is 2.84 bits per heavy atom. The molecule has 4 nitrogen and oxygen atoms in total. The van der Waals surface area contributed by atoms with E-state index in [9.17, 15) is 4.79 Å². The normalized spacial score (nSPS) is 18.8. The fraction of sp³-hybridized carbons (Fsp3) is 0.533. The maximum atomic E-state index is 11.9. The van der Waals surface area contributed by atoms with E-state index in [1.165, 1.54) is 11.1 Å². The minimum atomic E-state index is -0.306. The smallest absolute Gasteiger partial charge is 0.239 e. The van der Waals surface area contributed by atoms with Crippen LogP contribution in [-0.2, 0) is 4.79 Å². The summed E-state index contributed by atoms with van der Waals surface area (Å²) in [5.74, 6) is -0.254. The SMILES string of the molecule is Cc1cccc(C(C(N)=O)N2CCCNCC2)c1C. The highest BCUT2D eigenvalue weighted by molar-refractivity contribution is 5.82. The average Bonchev–Trinajstić information content (AvgIpc) is 2.63. The van der Waals surface area contributed by atoms with Gasteiger partial charge in [0.15, 0.2) is 0 Å². The van der Waals surface area contributed by atoms with Crippen LogP contribution in [-0.4, -0.2) is 37.0 Å². The molecule has 4 heteroatoms. The first-order chi connectivity index (χ1) is 9.11. The van der Waals surface area contributed by atoms with Crippen molar-refractivity contribution in [2.75, 3.05) is 26.2 Å². The average molecular weight is 261 g/mol. The van der Waals surface area contributed by atoms with Gasteiger partial charge in [-0.25, -0.2) is 0 Å². The molecule has 3 N–H and O–H groups in total. The summed E-state index contributed by atoms with van der Waals surface area (Å²) in [5, 5.41) is 3.35. The van der Waals surface area contributed by atoms with Crippen LogP contribution >= 0.6 is 0 Å². The minimum Gasteiger partial charge on any atom is -0.368 e. The Kier molecular flexibility index (Phi) is 4.56. The van der Waals surface area contributed by atoms with Crippen molar-refractivity contribution in [3.63, 3.8) is 0 Å². The van der Waals surface area contributed by atoms with E-state index < -0.39 is 0 Å². The molecule has 1 atom stereocenters. The molecule has 0 radical (unpaired) electrons. The number of rotatable bonds is 3. The standard InChI is InChI=1S/C15H23N3O/c1-11-5-3-6-13(12(11)2)14(15(16)19)18-9-4-7-17-8-10-18/h3,5-6,14,17H,4,7-10H2,1-2H3,(H2,16,19). The van der Waals surface area contributed by atoms with Crippen molar-refractivity contribution in [1.82, 2.24) is 10.2 Å². The first-order valence-electron chi connectivity index (χ1n) is 6.91. The Bertz CT molecular complexity index is 451. The molecule has 19 heavy (non-hydrogen) atoms. The number of carbonyl (C=O) groups excluding carboxylic acids is 1. The van der Waals surface area contributed by atoms with E-state index in [1.807, 2.05) is 12.1 Å². The highest BCUT2D eigenvalue weighted by atomic mass is 16.1. The van der Waals surface area contributed by atoms with E-state index in [0.29, 0.717) is 0 Å². The molecular weight excluding hydrogens is 238 g/mol. The van der Waals surface area contributed by atoms with Gasteiger partial charge in [-0.2, -0.15) is 0 Å². The number of amides is 1. The Balaban J connectivity index is 2.33. The summed E-state index contributed by atoms with van der Waals surface area (Å²) in [7, 11) is 0. The zero-order valence-electron chi connectivity index (χ0n) is 11.8. The summed E-state index contributed by atoms with van der Waals surface area (Å²) >= 11 is 0. The van der Waals surface area contributed by atoms with Crippen molar-refractivity contribution >= 4 is 5.91 Å². The molecule has 0 aromatic heterocycles. The van der Waals surface area contributed by atoms with Gasteiger partial charge >= 0.3 is 0 Å². The van der Waals surface area contributed by atoms with Crippen LogP contribution in [0.4, 0.5) is 0 Å². The van der Waals surface area contributed by atoms with Crippen LogP contribution in [0.25, 0.3) is 0 Å². The number of primary amides is 1. The summed E-state index contributed by atoms with van der Waals surface area (Å²) < 4.78 is 0. The molecule has 1 fully saturated rings. The van der Waals surface area contributed by atoms with E-state index in [1.54, 1.807) is 0 Å². The van der Waals surface area contributed by atoms with Crippen LogP contribution in [0.1, 0.15) is 29.2 Å². The lowest BCUT2D eigenvalue weighted by Gasteiger charge is -2.29. The van der Waals surface area contributed by atoms with Crippen LogP contribution in [0.5, 0.6) is 0 Å². The molecule has 0 aliphatic carbocycles. The predicted molar refractivity (Wildman–Crippen MR) is 76.9 cm³/mol. The van der Waals surface area contributed by atoms with Crippen molar-refractivity contribution in [3.8, 4) is 0 Å².